The van der Waals surface area contributed by atoms with Crippen LogP contribution < -0.4 is 4.74 Å². The monoisotopic (exact) mass is 441 g/mol. The van der Waals surface area contributed by atoms with Crippen LogP contribution >= 0.6 is 27.7 Å². The maximum Gasteiger partial charge on any atom is 0.196 e. The molecular weight excluding hydrogens is 426 g/mol. The highest BCUT2D eigenvalue weighted by Crippen LogP contribution is 2.30. The Hall–Kier alpha value is -2.51. The Morgan fingerprint density at radius 3 is 2.70 bits per heavy atom. The second-order valence-electron chi connectivity index (χ2n) is 5.72. The lowest BCUT2D eigenvalue weighted by molar-refractivity contribution is 0.412. The second-order valence-corrected chi connectivity index (χ2v) is 7.58. The van der Waals surface area contributed by atoms with Crippen molar-refractivity contribution >= 4 is 27.7 Å². The lowest BCUT2D eigenvalue weighted by Gasteiger charge is -2.10. The number of rotatable bonds is 6. The van der Waals surface area contributed by atoms with Crippen molar-refractivity contribution in [2.24, 2.45) is 0 Å². The largest absolute Gasteiger partial charge is 0.495 e. The summed E-state index contributed by atoms with van der Waals surface area (Å²) in [5.74, 6) is 3.16. The van der Waals surface area contributed by atoms with Crippen LogP contribution in [0.3, 0.4) is 0 Å². The normalized spacial score (nSPS) is 10.9. The third kappa shape index (κ3) is 3.94. The number of hydrogen-bond acceptors (Lipinski definition) is 5. The van der Waals surface area contributed by atoms with E-state index < -0.39 is 0 Å². The fraction of sp³-hybridized carbons (Fsp3) is 0.100. The van der Waals surface area contributed by atoms with Gasteiger partial charge in [0.1, 0.15) is 23.6 Å². The summed E-state index contributed by atoms with van der Waals surface area (Å²) in [5.41, 5.74) is 1.95. The molecule has 0 unspecified atom stereocenters. The first-order valence-electron chi connectivity index (χ1n) is 8.25. The molecule has 0 N–H and O–H groups in total. The molecule has 2 aromatic carbocycles. The lowest BCUT2D eigenvalue weighted by atomic mass is 10.2. The van der Waals surface area contributed by atoms with Crippen molar-refractivity contribution in [2.75, 3.05) is 7.11 Å². The van der Waals surface area contributed by atoms with Gasteiger partial charge in [0.2, 0.25) is 0 Å². The second kappa shape index (κ2) is 8.02. The fourth-order valence-corrected chi connectivity index (χ4v) is 3.76. The number of methoxy groups -OCH3 is 1. The maximum atomic E-state index is 5.98. The molecule has 0 aliphatic rings. The van der Waals surface area contributed by atoms with E-state index in [2.05, 4.69) is 26.1 Å². The molecule has 2 aromatic heterocycles. The van der Waals surface area contributed by atoms with E-state index in [0.29, 0.717) is 5.75 Å². The van der Waals surface area contributed by atoms with Crippen molar-refractivity contribution in [1.29, 1.82) is 0 Å². The summed E-state index contributed by atoms with van der Waals surface area (Å²) < 4.78 is 14.4. The quantitative estimate of drug-likeness (QED) is 0.365. The van der Waals surface area contributed by atoms with Crippen LogP contribution in [0, 0.1) is 0 Å². The zero-order chi connectivity index (χ0) is 18.6. The van der Waals surface area contributed by atoms with Crippen LogP contribution in [0.15, 0.2) is 81.0 Å². The number of hydrogen-bond donors (Lipinski definition) is 0. The van der Waals surface area contributed by atoms with Gasteiger partial charge in [-0.15, -0.1) is 10.2 Å². The smallest absolute Gasteiger partial charge is 0.196 e. The first kappa shape index (κ1) is 17.9. The summed E-state index contributed by atoms with van der Waals surface area (Å²) in [4.78, 5) is 0. The summed E-state index contributed by atoms with van der Waals surface area (Å²) in [7, 11) is 1.66. The first-order valence-corrected chi connectivity index (χ1v) is 10.0. The van der Waals surface area contributed by atoms with Crippen LogP contribution in [0.4, 0.5) is 0 Å². The van der Waals surface area contributed by atoms with Gasteiger partial charge in [0.05, 0.1) is 18.6 Å². The number of aromatic nitrogens is 3. The Labute approximate surface area is 169 Å². The Morgan fingerprint density at radius 1 is 1.07 bits per heavy atom. The molecule has 0 saturated heterocycles. The van der Waals surface area contributed by atoms with Gasteiger partial charge in [-0.1, -0.05) is 52.0 Å². The molecule has 27 heavy (non-hydrogen) atoms. The topological polar surface area (TPSA) is 53.1 Å². The standard InChI is InChI=1S/C20H16BrN3O2S/c1-25-19-5-3-2-4-17(19)24-13-22-23-20(24)27-12-16-10-11-18(26-16)14-6-8-15(21)9-7-14/h2-11,13H,12H2,1H3. The molecule has 0 fully saturated rings. The van der Waals surface area contributed by atoms with E-state index in [1.165, 1.54) is 0 Å². The van der Waals surface area contributed by atoms with Gasteiger partial charge in [0.25, 0.3) is 0 Å². The molecule has 0 spiro atoms. The van der Waals surface area contributed by atoms with Gasteiger partial charge in [-0.25, -0.2) is 0 Å². The molecular formula is C20H16BrN3O2S. The number of halogens is 1. The molecule has 7 heteroatoms. The molecule has 0 aliphatic carbocycles. The fourth-order valence-electron chi connectivity index (χ4n) is 2.68. The number of thioether (sulfide) groups is 1. The zero-order valence-corrected chi connectivity index (χ0v) is 16.9. The van der Waals surface area contributed by atoms with Crippen LogP contribution in [0.25, 0.3) is 17.0 Å². The summed E-state index contributed by atoms with van der Waals surface area (Å²) in [6, 6.07) is 19.8. The van der Waals surface area contributed by atoms with Gasteiger partial charge >= 0.3 is 0 Å². The van der Waals surface area contributed by atoms with E-state index in [-0.39, 0.29) is 0 Å². The van der Waals surface area contributed by atoms with Gasteiger partial charge in [-0.3, -0.25) is 4.57 Å². The predicted octanol–water partition coefficient (Wildman–Crippen LogP) is 5.59. The molecule has 5 nitrogen and oxygen atoms in total. The van der Waals surface area contributed by atoms with Crippen molar-refractivity contribution in [3.8, 4) is 22.8 Å². The van der Waals surface area contributed by atoms with Gasteiger partial charge in [-0.2, -0.15) is 0 Å². The van der Waals surface area contributed by atoms with Crippen LogP contribution in [0.2, 0.25) is 0 Å². The van der Waals surface area contributed by atoms with E-state index in [1.54, 1.807) is 25.2 Å². The van der Waals surface area contributed by atoms with Crippen molar-refractivity contribution in [3.05, 3.63) is 77.2 Å². The van der Waals surface area contributed by atoms with E-state index in [9.17, 15) is 0 Å². The van der Waals surface area contributed by atoms with Crippen molar-refractivity contribution in [3.63, 3.8) is 0 Å². The molecule has 2 heterocycles. The van der Waals surface area contributed by atoms with Gasteiger partial charge < -0.3 is 9.15 Å². The van der Waals surface area contributed by atoms with E-state index in [4.69, 9.17) is 9.15 Å². The Morgan fingerprint density at radius 2 is 1.89 bits per heavy atom. The Bertz CT molecular complexity index is 1040. The highest BCUT2D eigenvalue weighted by atomic mass is 79.9. The number of furan rings is 1. The average Bonchev–Trinajstić information content (AvgIpc) is 3.36. The first-order chi connectivity index (χ1) is 13.2. The minimum absolute atomic E-state index is 0.657. The third-order valence-corrected chi connectivity index (χ3v) is 5.49. The van der Waals surface area contributed by atoms with E-state index in [0.717, 1.165) is 38.2 Å². The zero-order valence-electron chi connectivity index (χ0n) is 14.5. The minimum Gasteiger partial charge on any atom is -0.495 e. The molecule has 136 valence electrons. The number of benzene rings is 2. The van der Waals surface area contributed by atoms with E-state index in [1.807, 2.05) is 65.2 Å². The molecule has 0 saturated carbocycles. The third-order valence-electron chi connectivity index (χ3n) is 4.00. The van der Waals surface area contributed by atoms with Crippen LogP contribution in [-0.2, 0) is 5.75 Å². The Kier molecular flexibility index (Phi) is 5.31. The molecule has 4 aromatic rings. The van der Waals surface area contributed by atoms with Crippen molar-refractivity contribution < 1.29 is 9.15 Å². The van der Waals surface area contributed by atoms with Gasteiger partial charge in [0, 0.05) is 10.0 Å². The summed E-state index contributed by atoms with van der Waals surface area (Å²) >= 11 is 5.01. The lowest BCUT2D eigenvalue weighted by Crippen LogP contribution is -1.98. The van der Waals surface area contributed by atoms with Crippen LogP contribution in [0.5, 0.6) is 5.75 Å². The minimum atomic E-state index is 0.657. The summed E-state index contributed by atoms with van der Waals surface area (Å²) in [6.45, 7) is 0. The summed E-state index contributed by atoms with van der Waals surface area (Å²) in [5, 5.41) is 9.06. The molecule has 0 bridgehead atoms. The highest BCUT2D eigenvalue weighted by molar-refractivity contribution is 9.10. The molecule has 0 amide bonds. The Balaban J connectivity index is 1.51. The predicted molar refractivity (Wildman–Crippen MR) is 109 cm³/mol. The van der Waals surface area contributed by atoms with Crippen molar-refractivity contribution in [2.45, 2.75) is 10.9 Å². The van der Waals surface area contributed by atoms with Gasteiger partial charge in [-0.05, 0) is 36.4 Å². The number of nitrogens with zero attached hydrogens (tertiary/aromatic N) is 3. The number of para-hydroxylation sites is 2. The molecule has 4 rings (SSSR count). The SMILES string of the molecule is COc1ccccc1-n1cnnc1SCc1ccc(-c2ccc(Br)cc2)o1. The maximum absolute atomic E-state index is 5.98. The molecule has 0 radical (unpaired) electrons. The molecule has 0 atom stereocenters. The average molecular weight is 442 g/mol. The van der Waals surface area contributed by atoms with Crippen LogP contribution in [-0.4, -0.2) is 21.9 Å². The molecule has 0 aliphatic heterocycles. The van der Waals surface area contributed by atoms with Crippen LogP contribution in [0.1, 0.15) is 5.76 Å². The highest BCUT2D eigenvalue weighted by Gasteiger charge is 2.13. The van der Waals surface area contributed by atoms with E-state index >= 15 is 0 Å². The summed E-state index contributed by atoms with van der Waals surface area (Å²) in [6.07, 6.45) is 1.69. The number of ether oxygens (including phenoxy) is 1. The van der Waals surface area contributed by atoms with Crippen molar-refractivity contribution in [1.82, 2.24) is 14.8 Å². The van der Waals surface area contributed by atoms with Gasteiger partial charge in [0.15, 0.2) is 5.16 Å².